The maximum absolute atomic E-state index is 11.4. The molecule has 0 spiro atoms. The summed E-state index contributed by atoms with van der Waals surface area (Å²) in [5.74, 6) is 0.762. The molecule has 3 nitrogen and oxygen atoms in total. The predicted octanol–water partition coefficient (Wildman–Crippen LogP) is 4.04. The van der Waals surface area contributed by atoms with Gasteiger partial charge in [0.05, 0.1) is 6.61 Å². The van der Waals surface area contributed by atoms with Gasteiger partial charge < -0.3 is 4.74 Å². The molecule has 1 unspecified atom stereocenters. The van der Waals surface area contributed by atoms with Gasteiger partial charge in [0.2, 0.25) is 0 Å². The van der Waals surface area contributed by atoms with Crippen LogP contribution in [0.15, 0.2) is 0 Å². The third-order valence-corrected chi connectivity index (χ3v) is 3.88. The molecule has 0 bridgehead atoms. The van der Waals surface area contributed by atoms with E-state index in [0.29, 0.717) is 24.7 Å². The van der Waals surface area contributed by atoms with Crippen LogP contribution in [0.25, 0.3) is 0 Å². The minimum Gasteiger partial charge on any atom is -0.466 e. The van der Waals surface area contributed by atoms with E-state index in [2.05, 4.69) is 6.92 Å². The summed E-state index contributed by atoms with van der Waals surface area (Å²) in [5.41, 5.74) is 0. The second kappa shape index (κ2) is 9.99. The Labute approximate surface area is 117 Å². The molecular weight excluding hydrogens is 240 g/mol. The average Bonchev–Trinajstić information content (AvgIpc) is 2.80. The average molecular weight is 268 g/mol. The lowest BCUT2D eigenvalue weighted by Gasteiger charge is -2.07. The zero-order valence-electron chi connectivity index (χ0n) is 12.3. The molecule has 0 aromatic heterocycles. The molecule has 1 aliphatic carbocycles. The number of hydrogen-bond acceptors (Lipinski definition) is 3. The number of carbonyl (C=O) groups is 2. The van der Waals surface area contributed by atoms with Crippen LogP contribution in [-0.4, -0.2) is 18.4 Å². The van der Waals surface area contributed by atoms with E-state index in [9.17, 15) is 9.59 Å². The second-order valence-electron chi connectivity index (χ2n) is 5.58. The van der Waals surface area contributed by atoms with Gasteiger partial charge in [-0.1, -0.05) is 32.6 Å². The maximum atomic E-state index is 11.4. The molecule has 1 rings (SSSR count). The van der Waals surface area contributed by atoms with Crippen LogP contribution >= 0.6 is 0 Å². The van der Waals surface area contributed by atoms with E-state index in [1.165, 1.54) is 0 Å². The molecule has 1 aliphatic rings. The highest BCUT2D eigenvalue weighted by Crippen LogP contribution is 2.26. The summed E-state index contributed by atoms with van der Waals surface area (Å²) in [4.78, 5) is 22.8. The van der Waals surface area contributed by atoms with E-state index >= 15 is 0 Å². The maximum Gasteiger partial charge on any atom is 0.305 e. The third kappa shape index (κ3) is 7.34. The smallest absolute Gasteiger partial charge is 0.305 e. The molecule has 0 amide bonds. The zero-order valence-corrected chi connectivity index (χ0v) is 12.3. The lowest BCUT2D eigenvalue weighted by molar-refractivity contribution is -0.143. The highest BCUT2D eigenvalue weighted by molar-refractivity contribution is 5.82. The summed E-state index contributed by atoms with van der Waals surface area (Å²) in [6.07, 6.45) is 10.9. The van der Waals surface area contributed by atoms with Gasteiger partial charge in [0, 0.05) is 18.8 Å². The van der Waals surface area contributed by atoms with Gasteiger partial charge in [0.1, 0.15) is 5.78 Å². The Morgan fingerprint density at radius 3 is 2.68 bits per heavy atom. The van der Waals surface area contributed by atoms with Gasteiger partial charge in [-0.05, 0) is 32.1 Å². The fourth-order valence-electron chi connectivity index (χ4n) is 2.61. The SMILES string of the molecule is CCCCOC(=O)CCCCCCC1CCCC1=O. The normalized spacial score (nSPS) is 18.8. The Morgan fingerprint density at radius 1 is 1.21 bits per heavy atom. The van der Waals surface area contributed by atoms with E-state index in [0.717, 1.165) is 64.2 Å². The summed E-state index contributed by atoms with van der Waals surface area (Å²) in [7, 11) is 0. The Balaban J connectivity index is 1.88. The van der Waals surface area contributed by atoms with Crippen molar-refractivity contribution >= 4 is 11.8 Å². The highest BCUT2D eigenvalue weighted by Gasteiger charge is 2.23. The molecule has 0 aliphatic heterocycles. The van der Waals surface area contributed by atoms with Gasteiger partial charge >= 0.3 is 5.97 Å². The first kappa shape index (κ1) is 16.2. The Kier molecular flexibility index (Phi) is 8.52. The highest BCUT2D eigenvalue weighted by atomic mass is 16.5. The minimum atomic E-state index is -0.0561. The quantitative estimate of drug-likeness (QED) is 0.443. The zero-order chi connectivity index (χ0) is 13.9. The van der Waals surface area contributed by atoms with Crippen molar-refractivity contribution in [3.8, 4) is 0 Å². The van der Waals surface area contributed by atoms with Gasteiger partial charge in [0.25, 0.3) is 0 Å². The van der Waals surface area contributed by atoms with Crippen LogP contribution in [0.3, 0.4) is 0 Å². The van der Waals surface area contributed by atoms with Gasteiger partial charge in [-0.2, -0.15) is 0 Å². The molecule has 0 N–H and O–H groups in total. The number of esters is 1. The topological polar surface area (TPSA) is 43.4 Å². The van der Waals surface area contributed by atoms with E-state index < -0.39 is 0 Å². The Hall–Kier alpha value is -0.860. The largest absolute Gasteiger partial charge is 0.466 e. The lowest BCUT2D eigenvalue weighted by atomic mass is 9.98. The Morgan fingerprint density at radius 2 is 2.00 bits per heavy atom. The number of Topliss-reactive ketones (excluding diaryl/α,β-unsaturated/α-hetero) is 1. The van der Waals surface area contributed by atoms with Crippen LogP contribution in [0.5, 0.6) is 0 Å². The molecular formula is C16H28O3. The first-order valence-electron chi connectivity index (χ1n) is 7.92. The number of carbonyl (C=O) groups excluding carboxylic acids is 2. The number of ketones is 1. The standard InChI is InChI=1S/C16H28O3/c1-2-3-13-19-16(18)12-7-5-4-6-9-14-10-8-11-15(14)17/h14H,2-13H2,1H3. The molecule has 1 atom stereocenters. The van der Waals surface area contributed by atoms with Crippen LogP contribution in [0.2, 0.25) is 0 Å². The molecule has 110 valence electrons. The fourth-order valence-corrected chi connectivity index (χ4v) is 2.61. The minimum absolute atomic E-state index is 0.0561. The van der Waals surface area contributed by atoms with Crippen molar-refractivity contribution in [2.24, 2.45) is 5.92 Å². The van der Waals surface area contributed by atoms with Crippen molar-refractivity contribution in [3.05, 3.63) is 0 Å². The van der Waals surface area contributed by atoms with Crippen molar-refractivity contribution in [1.29, 1.82) is 0 Å². The van der Waals surface area contributed by atoms with Gasteiger partial charge in [0.15, 0.2) is 0 Å². The summed E-state index contributed by atoms with van der Waals surface area (Å²) in [5, 5.41) is 0. The summed E-state index contributed by atoms with van der Waals surface area (Å²) in [6, 6.07) is 0. The van der Waals surface area contributed by atoms with Crippen molar-refractivity contribution in [3.63, 3.8) is 0 Å². The number of ether oxygens (including phenoxy) is 1. The van der Waals surface area contributed by atoms with Crippen molar-refractivity contribution < 1.29 is 14.3 Å². The Bertz CT molecular complexity index is 273. The molecule has 3 heteroatoms. The monoisotopic (exact) mass is 268 g/mol. The van der Waals surface area contributed by atoms with Crippen LogP contribution in [-0.2, 0) is 14.3 Å². The first-order chi connectivity index (χ1) is 9.24. The van der Waals surface area contributed by atoms with Crippen LogP contribution in [0, 0.1) is 5.92 Å². The van der Waals surface area contributed by atoms with Crippen molar-refractivity contribution in [1.82, 2.24) is 0 Å². The van der Waals surface area contributed by atoms with Crippen LogP contribution < -0.4 is 0 Å². The second-order valence-corrected chi connectivity index (χ2v) is 5.58. The van der Waals surface area contributed by atoms with E-state index in [1.54, 1.807) is 0 Å². The number of unbranched alkanes of at least 4 members (excludes halogenated alkanes) is 4. The fraction of sp³-hybridized carbons (Fsp3) is 0.875. The first-order valence-corrected chi connectivity index (χ1v) is 7.92. The van der Waals surface area contributed by atoms with Gasteiger partial charge in [-0.15, -0.1) is 0 Å². The molecule has 0 radical (unpaired) electrons. The predicted molar refractivity (Wildman–Crippen MR) is 75.9 cm³/mol. The van der Waals surface area contributed by atoms with Gasteiger partial charge in [-0.25, -0.2) is 0 Å². The molecule has 19 heavy (non-hydrogen) atoms. The van der Waals surface area contributed by atoms with E-state index in [-0.39, 0.29) is 5.97 Å². The third-order valence-electron chi connectivity index (χ3n) is 3.88. The van der Waals surface area contributed by atoms with E-state index in [4.69, 9.17) is 4.74 Å². The summed E-state index contributed by atoms with van der Waals surface area (Å²) in [6.45, 7) is 2.65. The molecule has 0 saturated heterocycles. The van der Waals surface area contributed by atoms with Crippen LogP contribution in [0.1, 0.15) is 77.6 Å². The summed E-state index contributed by atoms with van der Waals surface area (Å²) >= 11 is 0. The molecule has 0 aromatic rings. The summed E-state index contributed by atoms with van der Waals surface area (Å²) < 4.78 is 5.10. The molecule has 0 aromatic carbocycles. The van der Waals surface area contributed by atoms with Gasteiger partial charge in [-0.3, -0.25) is 9.59 Å². The van der Waals surface area contributed by atoms with E-state index in [1.807, 2.05) is 0 Å². The lowest BCUT2D eigenvalue weighted by Crippen LogP contribution is -2.06. The van der Waals surface area contributed by atoms with Crippen LogP contribution in [0.4, 0.5) is 0 Å². The number of hydrogen-bond donors (Lipinski definition) is 0. The van der Waals surface area contributed by atoms with Crippen molar-refractivity contribution in [2.75, 3.05) is 6.61 Å². The molecule has 1 saturated carbocycles. The van der Waals surface area contributed by atoms with Crippen molar-refractivity contribution in [2.45, 2.75) is 77.6 Å². The molecule has 1 fully saturated rings. The molecule has 0 heterocycles. The number of rotatable bonds is 10.